The van der Waals surface area contributed by atoms with Crippen LogP contribution in [0.25, 0.3) is 6.08 Å². The molecule has 1 aliphatic rings. The van der Waals surface area contributed by atoms with Gasteiger partial charge in [0.05, 0.1) is 13.2 Å². The molecule has 0 bridgehead atoms. The van der Waals surface area contributed by atoms with Crippen molar-refractivity contribution in [2.45, 2.75) is 78.2 Å². The summed E-state index contributed by atoms with van der Waals surface area (Å²) in [6.07, 6.45) is 2.22. The summed E-state index contributed by atoms with van der Waals surface area (Å²) in [5.74, 6) is -2.29. The van der Waals surface area contributed by atoms with Crippen molar-refractivity contribution in [2.75, 3.05) is 19.0 Å². The molecule has 0 spiro atoms. The number of nitrogens with zero attached hydrogens (tertiary/aromatic N) is 1. The van der Waals surface area contributed by atoms with E-state index in [1.165, 1.54) is 27.0 Å². The highest BCUT2D eigenvalue weighted by Gasteiger charge is 2.40. The summed E-state index contributed by atoms with van der Waals surface area (Å²) >= 11 is 0. The van der Waals surface area contributed by atoms with Crippen LogP contribution in [0.15, 0.2) is 30.3 Å². The molecule has 39 heavy (non-hydrogen) atoms. The number of carbonyl (C=O) groups is 2. The normalized spacial score (nSPS) is 18.1. The molecule has 1 amide bonds. The molecular weight excluding hydrogens is 509 g/mol. The zero-order chi connectivity index (χ0) is 29.3. The van der Waals surface area contributed by atoms with Crippen LogP contribution in [-0.4, -0.2) is 47.9 Å². The lowest BCUT2D eigenvalue weighted by Gasteiger charge is -2.44. The Kier molecular flexibility index (Phi) is 8.85. The number of carbonyl (C=O) groups excluding carboxylic acids is 2. The monoisotopic (exact) mass is 546 g/mol. The maximum atomic E-state index is 15.7. The zero-order valence-corrected chi connectivity index (χ0v) is 23.7. The third-order valence-electron chi connectivity index (χ3n) is 6.51. The summed E-state index contributed by atoms with van der Waals surface area (Å²) in [4.78, 5) is 25.6. The van der Waals surface area contributed by atoms with Gasteiger partial charge in [0.2, 0.25) is 0 Å². The van der Waals surface area contributed by atoms with Gasteiger partial charge in [0.25, 0.3) is 0 Å². The number of hydrogen-bond donors (Lipinski definition) is 1. The second-order valence-corrected chi connectivity index (χ2v) is 11.5. The van der Waals surface area contributed by atoms with Crippen molar-refractivity contribution >= 4 is 23.8 Å². The Balaban J connectivity index is 2.14. The number of rotatable bonds is 6. The van der Waals surface area contributed by atoms with Crippen LogP contribution >= 0.6 is 0 Å². The lowest BCUT2D eigenvalue weighted by molar-refractivity contribution is -0.134. The first kappa shape index (κ1) is 30.2. The van der Waals surface area contributed by atoms with Crippen LogP contribution < -0.4 is 5.32 Å². The van der Waals surface area contributed by atoms with E-state index in [0.717, 1.165) is 29.3 Å². The molecule has 9 heteroatoms. The van der Waals surface area contributed by atoms with Crippen molar-refractivity contribution in [3.63, 3.8) is 0 Å². The van der Waals surface area contributed by atoms with Gasteiger partial charge in [-0.15, -0.1) is 0 Å². The van der Waals surface area contributed by atoms with E-state index in [2.05, 4.69) is 10.1 Å². The van der Waals surface area contributed by atoms with Crippen molar-refractivity contribution in [2.24, 2.45) is 0 Å². The third kappa shape index (κ3) is 7.41. The fraction of sp³-hybridized carbons (Fsp3) is 0.467. The van der Waals surface area contributed by atoms with Gasteiger partial charge in [0, 0.05) is 29.9 Å². The van der Waals surface area contributed by atoms with Gasteiger partial charge >= 0.3 is 12.1 Å². The van der Waals surface area contributed by atoms with Crippen LogP contribution in [-0.2, 0) is 20.7 Å². The maximum Gasteiger partial charge on any atom is 0.412 e. The molecule has 0 saturated carbocycles. The van der Waals surface area contributed by atoms with E-state index in [-0.39, 0.29) is 23.7 Å². The van der Waals surface area contributed by atoms with Crippen LogP contribution in [0.2, 0.25) is 0 Å². The predicted octanol–water partition coefficient (Wildman–Crippen LogP) is 6.89. The summed E-state index contributed by atoms with van der Waals surface area (Å²) in [7, 11) is 1.20. The maximum absolute atomic E-state index is 15.7. The molecular formula is C30H37F3N2O4. The molecule has 6 nitrogen and oxygen atoms in total. The number of anilines is 1. The van der Waals surface area contributed by atoms with Gasteiger partial charge in [-0.2, -0.15) is 0 Å². The molecule has 1 aliphatic heterocycles. The summed E-state index contributed by atoms with van der Waals surface area (Å²) < 4.78 is 56.2. The summed E-state index contributed by atoms with van der Waals surface area (Å²) in [5.41, 5.74) is 0.336. The number of hydrogen-bond acceptors (Lipinski definition) is 5. The van der Waals surface area contributed by atoms with Gasteiger partial charge in [-0.1, -0.05) is 6.07 Å². The van der Waals surface area contributed by atoms with Gasteiger partial charge < -0.3 is 9.47 Å². The average Bonchev–Trinajstić information content (AvgIpc) is 2.79. The Labute approximate surface area is 228 Å². The number of methoxy groups -OCH3 is 1. The van der Waals surface area contributed by atoms with E-state index in [1.54, 1.807) is 37.8 Å². The fourth-order valence-corrected chi connectivity index (χ4v) is 4.90. The minimum atomic E-state index is -1.63. The Hall–Kier alpha value is -3.33. The summed E-state index contributed by atoms with van der Waals surface area (Å²) in [5, 5.41) is 2.77. The van der Waals surface area contributed by atoms with E-state index in [9.17, 15) is 14.0 Å². The van der Waals surface area contributed by atoms with E-state index >= 15 is 8.78 Å². The van der Waals surface area contributed by atoms with Crippen LogP contribution in [0, 0.1) is 18.6 Å². The molecule has 0 aliphatic carbocycles. The van der Waals surface area contributed by atoms with Gasteiger partial charge in [0.15, 0.2) is 0 Å². The van der Waals surface area contributed by atoms with Crippen LogP contribution in [0.4, 0.5) is 23.7 Å². The highest BCUT2D eigenvalue weighted by atomic mass is 19.1. The largest absolute Gasteiger partial charge is 0.466 e. The second-order valence-electron chi connectivity index (χ2n) is 11.5. The van der Waals surface area contributed by atoms with E-state index in [1.807, 2.05) is 13.8 Å². The first-order valence-corrected chi connectivity index (χ1v) is 12.8. The molecule has 2 aromatic rings. The fourth-order valence-electron chi connectivity index (χ4n) is 4.90. The Morgan fingerprint density at radius 3 is 2.28 bits per heavy atom. The van der Waals surface area contributed by atoms with E-state index in [4.69, 9.17) is 4.74 Å². The Morgan fingerprint density at radius 2 is 1.74 bits per heavy atom. The number of halogens is 3. The zero-order valence-electron chi connectivity index (χ0n) is 23.7. The minimum Gasteiger partial charge on any atom is -0.466 e. The van der Waals surface area contributed by atoms with Crippen molar-refractivity contribution in [3.8, 4) is 0 Å². The molecule has 212 valence electrons. The SMILES string of the molecule is COC(=O)/C=C/c1cc(F)c([C@@H]2c3ccc(NC(=O)OC(C)(C)C)c(C)c3C[C@@H](C)N2CC(C)(C)F)c(F)c1. The second kappa shape index (κ2) is 11.4. The van der Waals surface area contributed by atoms with E-state index in [0.29, 0.717) is 17.7 Å². The number of alkyl halides is 1. The van der Waals surface area contributed by atoms with Crippen molar-refractivity contribution in [3.05, 3.63) is 69.8 Å². The standard InChI is InChI=1S/C30H37F3N2O4/c1-17-13-21-18(2)24(34-28(37)39-29(3,4)5)11-10-20(21)27(35(17)16-30(6,7)33)26-22(31)14-19(15-23(26)32)9-12-25(36)38-8/h9-12,14-15,17,27H,13,16H2,1-8H3,(H,34,37)/b12-9+/t17-,27+/m1/s1. The lowest BCUT2D eigenvalue weighted by Crippen LogP contribution is -2.48. The number of nitrogens with one attached hydrogen (secondary N) is 1. The topological polar surface area (TPSA) is 67.9 Å². The molecule has 2 aromatic carbocycles. The molecule has 1 N–H and O–H groups in total. The first-order chi connectivity index (χ1) is 18.0. The average molecular weight is 547 g/mol. The van der Waals surface area contributed by atoms with Crippen molar-refractivity contribution < 1.29 is 32.2 Å². The molecule has 2 atom stereocenters. The van der Waals surface area contributed by atoms with Crippen LogP contribution in [0.5, 0.6) is 0 Å². The van der Waals surface area contributed by atoms with Gasteiger partial charge in [-0.3, -0.25) is 10.2 Å². The predicted molar refractivity (Wildman–Crippen MR) is 145 cm³/mol. The molecule has 0 fully saturated rings. The van der Waals surface area contributed by atoms with Gasteiger partial charge in [0.1, 0.15) is 22.9 Å². The molecule has 0 saturated heterocycles. The number of amides is 1. The summed E-state index contributed by atoms with van der Waals surface area (Å²) in [6, 6.07) is 4.47. The number of ether oxygens (including phenoxy) is 2. The number of fused-ring (bicyclic) bond motifs is 1. The molecule has 1 heterocycles. The van der Waals surface area contributed by atoms with Crippen molar-refractivity contribution in [1.29, 1.82) is 0 Å². The van der Waals surface area contributed by atoms with Gasteiger partial charge in [-0.25, -0.2) is 22.8 Å². The highest BCUT2D eigenvalue weighted by Crippen LogP contribution is 2.43. The third-order valence-corrected chi connectivity index (χ3v) is 6.51. The quantitative estimate of drug-likeness (QED) is 0.316. The van der Waals surface area contributed by atoms with Crippen LogP contribution in [0.1, 0.15) is 75.4 Å². The molecule has 3 rings (SSSR count). The minimum absolute atomic E-state index is 0.0574. The molecule has 0 radical (unpaired) electrons. The molecule has 0 aromatic heterocycles. The lowest BCUT2D eigenvalue weighted by atomic mass is 9.81. The van der Waals surface area contributed by atoms with E-state index < -0.39 is 41.0 Å². The highest BCUT2D eigenvalue weighted by molar-refractivity contribution is 5.87. The Morgan fingerprint density at radius 1 is 1.13 bits per heavy atom. The van der Waals surface area contributed by atoms with Crippen molar-refractivity contribution in [1.82, 2.24) is 4.90 Å². The molecule has 0 unspecified atom stereocenters. The van der Waals surface area contributed by atoms with Crippen LogP contribution in [0.3, 0.4) is 0 Å². The summed E-state index contributed by atoms with van der Waals surface area (Å²) in [6.45, 7) is 11.8. The number of benzene rings is 2. The first-order valence-electron chi connectivity index (χ1n) is 12.8. The van der Waals surface area contributed by atoms with Gasteiger partial charge in [-0.05, 0) is 101 Å². The number of esters is 1. The smallest absolute Gasteiger partial charge is 0.412 e. The Bertz CT molecular complexity index is 1260.